The Hall–Kier alpha value is -5.80. The minimum atomic E-state index is -0.0463. The highest BCUT2D eigenvalue weighted by molar-refractivity contribution is 5.81. The van der Waals surface area contributed by atoms with Crippen molar-refractivity contribution >= 4 is 34.1 Å². The summed E-state index contributed by atoms with van der Waals surface area (Å²) in [6, 6.07) is 50.6. The molecule has 254 valence electrons. The van der Waals surface area contributed by atoms with Crippen LogP contribution in [0.2, 0.25) is 0 Å². The van der Waals surface area contributed by atoms with E-state index in [9.17, 15) is 0 Å². The molecule has 0 aliphatic carbocycles. The van der Waals surface area contributed by atoms with Crippen molar-refractivity contribution in [2.75, 3.05) is 49.4 Å². The van der Waals surface area contributed by atoms with Gasteiger partial charge in [-0.2, -0.15) is 0 Å². The van der Waals surface area contributed by atoms with E-state index in [1.165, 1.54) is 0 Å². The Kier molecular flexibility index (Phi) is 11.6. The monoisotopic (exact) mass is 668 g/mol. The summed E-state index contributed by atoms with van der Waals surface area (Å²) in [7, 11) is 0. The summed E-state index contributed by atoms with van der Waals surface area (Å²) in [4.78, 5) is 4.34. The van der Waals surface area contributed by atoms with E-state index in [-0.39, 0.29) is 39.6 Å². The van der Waals surface area contributed by atoms with Crippen molar-refractivity contribution in [2.45, 2.75) is 0 Å². The molecule has 0 unspecified atom stereocenters. The zero-order chi connectivity index (χ0) is 34.5. The highest BCUT2D eigenvalue weighted by Gasteiger charge is 2.15. The van der Waals surface area contributed by atoms with Gasteiger partial charge in [-0.15, -0.1) is 0 Å². The molecular weight excluding hydrogens is 628 g/mol. The fourth-order valence-corrected chi connectivity index (χ4v) is 5.64. The Morgan fingerprint density at radius 2 is 0.580 bits per heavy atom. The van der Waals surface area contributed by atoms with E-state index < -0.39 is 0 Å². The number of para-hydroxylation sites is 1. The van der Waals surface area contributed by atoms with E-state index in [0.29, 0.717) is 17.2 Å². The first-order chi connectivity index (χ1) is 24.7. The molecule has 6 aromatic rings. The lowest BCUT2D eigenvalue weighted by Gasteiger charge is -2.26. The van der Waals surface area contributed by atoms with E-state index in [1.807, 2.05) is 91.0 Å². The van der Waals surface area contributed by atoms with Crippen LogP contribution >= 0.6 is 0 Å². The number of hydrogen-bond donors (Lipinski definition) is 3. The first-order valence-corrected chi connectivity index (χ1v) is 16.5. The van der Waals surface area contributed by atoms with Gasteiger partial charge in [0.2, 0.25) is 0 Å². The Morgan fingerprint density at radius 1 is 0.320 bits per heavy atom. The molecule has 0 heterocycles. The van der Waals surface area contributed by atoms with E-state index in [1.54, 1.807) is 0 Å². The summed E-state index contributed by atoms with van der Waals surface area (Å²) in [5, 5.41) is 27.4. The summed E-state index contributed by atoms with van der Waals surface area (Å²) >= 11 is 0. The maximum Gasteiger partial charge on any atom is 0.119 e. The molecule has 6 aromatic carbocycles. The van der Waals surface area contributed by atoms with Crippen LogP contribution in [0.15, 0.2) is 152 Å². The van der Waals surface area contributed by atoms with Gasteiger partial charge in [-0.3, -0.25) is 0 Å². The minimum absolute atomic E-state index is 0.0298. The number of anilines is 6. The first-order valence-electron chi connectivity index (χ1n) is 16.5. The Morgan fingerprint density at radius 3 is 0.860 bits per heavy atom. The summed E-state index contributed by atoms with van der Waals surface area (Å²) in [5.74, 6) is 2.08. The highest BCUT2D eigenvalue weighted by Crippen LogP contribution is 2.39. The third-order valence-electron chi connectivity index (χ3n) is 7.96. The van der Waals surface area contributed by atoms with Gasteiger partial charge in [0.1, 0.15) is 37.1 Å². The largest absolute Gasteiger partial charge is 0.491 e. The van der Waals surface area contributed by atoms with Gasteiger partial charge in [-0.25, -0.2) is 0 Å². The quantitative estimate of drug-likeness (QED) is 0.0947. The van der Waals surface area contributed by atoms with Gasteiger partial charge in [-0.05, 0) is 120 Å². The van der Waals surface area contributed by atoms with Crippen LogP contribution in [0.3, 0.4) is 0 Å². The second-order valence-electron chi connectivity index (χ2n) is 11.3. The van der Waals surface area contributed by atoms with Crippen molar-refractivity contribution in [3.8, 4) is 28.4 Å². The Bertz CT molecular complexity index is 1830. The van der Waals surface area contributed by atoms with Crippen LogP contribution in [0.5, 0.6) is 17.2 Å². The van der Waals surface area contributed by atoms with Crippen molar-refractivity contribution in [3.63, 3.8) is 0 Å². The Labute approximate surface area is 292 Å². The fourth-order valence-electron chi connectivity index (χ4n) is 5.64. The van der Waals surface area contributed by atoms with Gasteiger partial charge < -0.3 is 39.3 Å². The summed E-state index contributed by atoms with van der Waals surface area (Å²) in [6.45, 7) is 0.605. The zero-order valence-electron chi connectivity index (χ0n) is 27.6. The molecule has 0 amide bonds. The lowest BCUT2D eigenvalue weighted by Crippen LogP contribution is -2.10. The SMILES string of the molecule is OCCOc1ccc(N(c2ccccc2)c2ccc(-c3ccc(N(c4ccc(OCCO)cc4)c4ccc(OCCO)cc4)cc3)cc2)cc1. The van der Waals surface area contributed by atoms with Crippen LogP contribution in [-0.4, -0.2) is 55.0 Å². The number of benzene rings is 6. The molecule has 0 fully saturated rings. The van der Waals surface area contributed by atoms with E-state index in [0.717, 1.165) is 45.3 Å². The van der Waals surface area contributed by atoms with E-state index in [2.05, 4.69) is 70.5 Å². The van der Waals surface area contributed by atoms with Gasteiger partial charge in [-0.1, -0.05) is 42.5 Å². The van der Waals surface area contributed by atoms with Gasteiger partial charge in [0.25, 0.3) is 0 Å². The second kappa shape index (κ2) is 17.0. The third-order valence-corrected chi connectivity index (χ3v) is 7.96. The number of hydrogen-bond acceptors (Lipinski definition) is 8. The molecule has 0 spiro atoms. The van der Waals surface area contributed by atoms with Crippen molar-refractivity contribution < 1.29 is 29.5 Å². The first kappa shape index (κ1) is 34.1. The topological polar surface area (TPSA) is 94.9 Å². The number of ether oxygens (including phenoxy) is 3. The third kappa shape index (κ3) is 8.43. The standard InChI is InChI=1S/C42H40N2O6/c45-26-29-48-40-20-14-37(15-21-40)43(34-4-2-1-3-5-34)35-10-6-32(7-11-35)33-8-12-36(13-9-33)44(38-16-22-41(23-17-38)49-30-27-46)39-18-24-42(25-19-39)50-31-28-47/h1-25,45-47H,26-31H2. The predicted molar refractivity (Wildman–Crippen MR) is 199 cm³/mol. The molecule has 0 saturated heterocycles. The maximum atomic E-state index is 9.14. The summed E-state index contributed by atoms with van der Waals surface area (Å²) in [5.41, 5.74) is 8.07. The van der Waals surface area contributed by atoms with Crippen LogP contribution in [0.4, 0.5) is 34.1 Å². The lowest BCUT2D eigenvalue weighted by molar-refractivity contribution is 0.201. The van der Waals surface area contributed by atoms with Gasteiger partial charge >= 0.3 is 0 Å². The molecule has 3 N–H and O–H groups in total. The maximum absolute atomic E-state index is 9.14. The highest BCUT2D eigenvalue weighted by atomic mass is 16.5. The molecule has 0 radical (unpaired) electrons. The molecule has 0 aliphatic heterocycles. The molecule has 0 atom stereocenters. The summed E-state index contributed by atoms with van der Waals surface area (Å²) in [6.07, 6.45) is 0. The lowest BCUT2D eigenvalue weighted by atomic mass is 10.0. The van der Waals surface area contributed by atoms with Crippen LogP contribution in [0.1, 0.15) is 0 Å². The molecule has 8 heteroatoms. The van der Waals surface area contributed by atoms with Gasteiger partial charge in [0, 0.05) is 34.1 Å². The number of rotatable bonds is 16. The predicted octanol–water partition coefficient (Wildman–Crippen LogP) is 8.41. The molecule has 0 saturated carbocycles. The van der Waals surface area contributed by atoms with Crippen LogP contribution in [0.25, 0.3) is 11.1 Å². The van der Waals surface area contributed by atoms with Crippen molar-refractivity contribution in [3.05, 3.63) is 152 Å². The van der Waals surface area contributed by atoms with Crippen LogP contribution in [-0.2, 0) is 0 Å². The fraction of sp³-hybridized carbons (Fsp3) is 0.143. The smallest absolute Gasteiger partial charge is 0.119 e. The minimum Gasteiger partial charge on any atom is -0.491 e. The number of aliphatic hydroxyl groups excluding tert-OH is 3. The van der Waals surface area contributed by atoms with Crippen LogP contribution < -0.4 is 24.0 Å². The molecule has 0 aliphatic rings. The second-order valence-corrected chi connectivity index (χ2v) is 11.3. The average molecular weight is 669 g/mol. The number of nitrogens with zero attached hydrogens (tertiary/aromatic N) is 2. The van der Waals surface area contributed by atoms with E-state index >= 15 is 0 Å². The molecule has 0 bridgehead atoms. The normalized spacial score (nSPS) is 10.8. The Balaban J connectivity index is 1.27. The van der Waals surface area contributed by atoms with Crippen molar-refractivity contribution in [2.24, 2.45) is 0 Å². The molecular formula is C42H40N2O6. The molecule has 6 rings (SSSR count). The van der Waals surface area contributed by atoms with Gasteiger partial charge in [0.05, 0.1) is 19.8 Å². The molecule has 0 aromatic heterocycles. The summed E-state index contributed by atoms with van der Waals surface area (Å²) < 4.78 is 16.8. The number of aliphatic hydroxyl groups is 3. The zero-order valence-corrected chi connectivity index (χ0v) is 27.6. The van der Waals surface area contributed by atoms with Crippen molar-refractivity contribution in [1.29, 1.82) is 0 Å². The molecule has 8 nitrogen and oxygen atoms in total. The average Bonchev–Trinajstić information content (AvgIpc) is 3.18. The van der Waals surface area contributed by atoms with E-state index in [4.69, 9.17) is 29.5 Å². The van der Waals surface area contributed by atoms with Crippen LogP contribution in [0, 0.1) is 0 Å². The molecule has 50 heavy (non-hydrogen) atoms. The van der Waals surface area contributed by atoms with Crippen molar-refractivity contribution in [1.82, 2.24) is 0 Å². The van der Waals surface area contributed by atoms with Gasteiger partial charge in [0.15, 0.2) is 0 Å².